The lowest BCUT2D eigenvalue weighted by Crippen LogP contribution is -2.22. The van der Waals surface area contributed by atoms with Crippen LogP contribution in [0.4, 0.5) is 0 Å². The van der Waals surface area contributed by atoms with Crippen LogP contribution in [0.5, 0.6) is 0 Å². The Labute approximate surface area is 87.6 Å². The fourth-order valence-electron chi connectivity index (χ4n) is 1.02. The highest BCUT2D eigenvalue weighted by Crippen LogP contribution is 2.26. The molecular weight excluding hydrogens is 198 g/mol. The zero-order valence-electron chi connectivity index (χ0n) is 8.18. The average molecular weight is 211 g/mol. The number of aliphatic carboxylic acids is 1. The third-order valence-electron chi connectivity index (χ3n) is 1.73. The van der Waals surface area contributed by atoms with E-state index in [1.165, 1.54) is 11.8 Å². The number of hydrogen-bond donors (Lipinski definition) is 1. The number of carbonyl (C=O) groups is 1. The van der Waals surface area contributed by atoms with Crippen molar-refractivity contribution >= 4 is 17.7 Å². The monoisotopic (exact) mass is 211 g/mol. The molecule has 1 aromatic rings. The molecule has 1 atom stereocenters. The predicted octanol–water partition coefficient (Wildman–Crippen LogP) is 2.28. The lowest BCUT2D eigenvalue weighted by molar-refractivity contribution is -0.137. The van der Waals surface area contributed by atoms with Gasteiger partial charge in [-0.2, -0.15) is 0 Å². The van der Waals surface area contributed by atoms with E-state index in [2.05, 4.69) is 4.98 Å². The molecule has 0 saturated carbocycles. The van der Waals surface area contributed by atoms with Gasteiger partial charge >= 0.3 is 5.97 Å². The van der Waals surface area contributed by atoms with Crippen molar-refractivity contribution in [3.05, 3.63) is 24.4 Å². The Balaban J connectivity index is 2.70. The second-order valence-electron chi connectivity index (χ2n) is 3.29. The molecule has 1 aromatic heterocycles. The van der Waals surface area contributed by atoms with Crippen molar-refractivity contribution in [1.82, 2.24) is 4.98 Å². The highest BCUT2D eigenvalue weighted by atomic mass is 32.2. The van der Waals surface area contributed by atoms with Crippen molar-refractivity contribution in [2.75, 3.05) is 0 Å². The van der Waals surface area contributed by atoms with E-state index in [1.807, 2.05) is 32.0 Å². The third-order valence-corrected chi connectivity index (χ3v) is 3.22. The van der Waals surface area contributed by atoms with Gasteiger partial charge in [-0.1, -0.05) is 31.7 Å². The Morgan fingerprint density at radius 3 is 2.64 bits per heavy atom. The van der Waals surface area contributed by atoms with Crippen molar-refractivity contribution in [3.8, 4) is 0 Å². The minimum atomic E-state index is -0.782. The summed E-state index contributed by atoms with van der Waals surface area (Å²) in [6.45, 7) is 3.80. The number of carboxylic acids is 1. The van der Waals surface area contributed by atoms with Crippen LogP contribution in [0.1, 0.15) is 13.8 Å². The normalized spacial score (nSPS) is 12.8. The topological polar surface area (TPSA) is 50.2 Å². The molecule has 14 heavy (non-hydrogen) atoms. The zero-order chi connectivity index (χ0) is 10.6. The van der Waals surface area contributed by atoms with Crippen molar-refractivity contribution < 1.29 is 9.90 Å². The van der Waals surface area contributed by atoms with Crippen LogP contribution in [-0.2, 0) is 4.79 Å². The van der Waals surface area contributed by atoms with E-state index in [-0.39, 0.29) is 5.92 Å². The molecule has 0 aliphatic rings. The maximum Gasteiger partial charge on any atom is 0.317 e. The molecule has 0 spiro atoms. The molecule has 0 aliphatic carbocycles. The molecule has 0 amide bonds. The van der Waals surface area contributed by atoms with Crippen LogP contribution < -0.4 is 0 Å². The lowest BCUT2D eigenvalue weighted by atomic mass is 10.1. The lowest BCUT2D eigenvalue weighted by Gasteiger charge is -2.14. The minimum Gasteiger partial charge on any atom is -0.480 e. The molecular formula is C10H13NO2S. The first kappa shape index (κ1) is 11.0. The maximum absolute atomic E-state index is 10.9. The molecule has 1 rings (SSSR count). The number of rotatable bonds is 4. The summed E-state index contributed by atoms with van der Waals surface area (Å²) in [5, 5.41) is 9.29. The van der Waals surface area contributed by atoms with Gasteiger partial charge in [0.25, 0.3) is 0 Å². The molecule has 76 valence electrons. The maximum atomic E-state index is 10.9. The Morgan fingerprint density at radius 2 is 2.21 bits per heavy atom. The Bertz CT molecular complexity index is 300. The predicted molar refractivity (Wildman–Crippen MR) is 56.4 cm³/mol. The Morgan fingerprint density at radius 1 is 1.50 bits per heavy atom. The molecule has 0 aromatic carbocycles. The van der Waals surface area contributed by atoms with Crippen LogP contribution in [-0.4, -0.2) is 21.3 Å². The van der Waals surface area contributed by atoms with Gasteiger partial charge in [-0.3, -0.25) is 4.79 Å². The number of pyridine rings is 1. The van der Waals surface area contributed by atoms with Crippen molar-refractivity contribution in [2.24, 2.45) is 5.92 Å². The van der Waals surface area contributed by atoms with Crippen molar-refractivity contribution in [1.29, 1.82) is 0 Å². The van der Waals surface area contributed by atoms with Gasteiger partial charge < -0.3 is 5.11 Å². The summed E-state index contributed by atoms with van der Waals surface area (Å²) in [4.78, 5) is 15.0. The van der Waals surface area contributed by atoms with E-state index in [4.69, 9.17) is 5.11 Å². The standard InChI is InChI=1S/C10H13NO2S/c1-7(2)9(10(12)13)14-8-5-3-4-6-11-8/h3-7,9H,1-2H3,(H,12,13). The third kappa shape index (κ3) is 3.03. The number of hydrogen-bond acceptors (Lipinski definition) is 3. The number of thioether (sulfide) groups is 1. The molecule has 0 fully saturated rings. The minimum absolute atomic E-state index is 0.0968. The van der Waals surface area contributed by atoms with Gasteiger partial charge in [-0.25, -0.2) is 4.98 Å². The summed E-state index contributed by atoms with van der Waals surface area (Å²) in [5.74, 6) is -0.685. The Hall–Kier alpha value is -1.03. The van der Waals surface area contributed by atoms with Gasteiger partial charge in [0, 0.05) is 6.20 Å². The van der Waals surface area contributed by atoms with Gasteiger partial charge in [-0.05, 0) is 18.1 Å². The number of aromatic nitrogens is 1. The molecule has 1 unspecified atom stereocenters. The number of nitrogens with zero attached hydrogens (tertiary/aromatic N) is 1. The Kier molecular flexibility index (Phi) is 3.95. The first-order valence-electron chi connectivity index (χ1n) is 4.41. The average Bonchev–Trinajstić information content (AvgIpc) is 2.15. The first-order valence-corrected chi connectivity index (χ1v) is 5.29. The van der Waals surface area contributed by atoms with E-state index in [0.717, 1.165) is 5.03 Å². The van der Waals surface area contributed by atoms with E-state index < -0.39 is 11.2 Å². The fraction of sp³-hybridized carbons (Fsp3) is 0.400. The van der Waals surface area contributed by atoms with E-state index in [0.29, 0.717) is 0 Å². The zero-order valence-corrected chi connectivity index (χ0v) is 8.99. The van der Waals surface area contributed by atoms with Crippen molar-refractivity contribution in [3.63, 3.8) is 0 Å². The van der Waals surface area contributed by atoms with Gasteiger partial charge in [-0.15, -0.1) is 0 Å². The summed E-state index contributed by atoms with van der Waals surface area (Å²) < 4.78 is 0. The molecule has 4 heteroatoms. The summed E-state index contributed by atoms with van der Waals surface area (Å²) in [6, 6.07) is 5.49. The molecule has 3 nitrogen and oxygen atoms in total. The van der Waals surface area contributed by atoms with Crippen LogP contribution >= 0.6 is 11.8 Å². The van der Waals surface area contributed by atoms with Crippen LogP contribution in [0.25, 0.3) is 0 Å². The second-order valence-corrected chi connectivity index (χ2v) is 4.45. The molecule has 0 bridgehead atoms. The van der Waals surface area contributed by atoms with E-state index in [9.17, 15) is 4.79 Å². The SMILES string of the molecule is CC(C)C(Sc1ccccn1)C(=O)O. The highest BCUT2D eigenvalue weighted by molar-refractivity contribution is 8.00. The summed E-state index contributed by atoms with van der Waals surface area (Å²) in [6.07, 6.45) is 1.67. The summed E-state index contributed by atoms with van der Waals surface area (Å²) in [7, 11) is 0. The smallest absolute Gasteiger partial charge is 0.317 e. The van der Waals surface area contributed by atoms with Crippen LogP contribution in [0, 0.1) is 5.92 Å². The van der Waals surface area contributed by atoms with E-state index >= 15 is 0 Å². The molecule has 1 N–H and O–H groups in total. The van der Waals surface area contributed by atoms with Crippen LogP contribution in [0.3, 0.4) is 0 Å². The summed E-state index contributed by atoms with van der Waals surface area (Å²) in [5.41, 5.74) is 0. The highest BCUT2D eigenvalue weighted by Gasteiger charge is 2.22. The fourth-order valence-corrected chi connectivity index (χ4v) is 1.93. The van der Waals surface area contributed by atoms with Gasteiger partial charge in [0.15, 0.2) is 0 Å². The first-order chi connectivity index (χ1) is 6.61. The summed E-state index contributed by atoms with van der Waals surface area (Å²) >= 11 is 1.29. The quantitative estimate of drug-likeness (QED) is 0.776. The van der Waals surface area contributed by atoms with Crippen LogP contribution in [0.2, 0.25) is 0 Å². The molecule has 0 aliphatic heterocycles. The second kappa shape index (κ2) is 5.00. The molecule has 0 saturated heterocycles. The van der Waals surface area contributed by atoms with Crippen LogP contribution in [0.15, 0.2) is 29.4 Å². The van der Waals surface area contributed by atoms with Gasteiger partial charge in [0.05, 0.1) is 5.03 Å². The molecule has 0 radical (unpaired) electrons. The van der Waals surface area contributed by atoms with Crippen molar-refractivity contribution in [2.45, 2.75) is 24.1 Å². The number of carboxylic acid groups (broad SMARTS) is 1. The van der Waals surface area contributed by atoms with Gasteiger partial charge in [0.2, 0.25) is 0 Å². The van der Waals surface area contributed by atoms with E-state index in [1.54, 1.807) is 6.20 Å². The molecule has 1 heterocycles. The largest absolute Gasteiger partial charge is 0.480 e. The van der Waals surface area contributed by atoms with Gasteiger partial charge in [0.1, 0.15) is 5.25 Å².